The van der Waals surface area contributed by atoms with Gasteiger partial charge >= 0.3 is 0 Å². The lowest BCUT2D eigenvalue weighted by atomic mass is 9.50. The zero-order valence-electron chi connectivity index (χ0n) is 22.4. The van der Waals surface area contributed by atoms with Crippen molar-refractivity contribution in [3.63, 3.8) is 0 Å². The fourth-order valence-electron chi connectivity index (χ4n) is 8.76. The van der Waals surface area contributed by atoms with E-state index in [1.54, 1.807) is 12.7 Å². The number of allylic oxidation sites excluding steroid dienone is 3. The van der Waals surface area contributed by atoms with Gasteiger partial charge in [-0.3, -0.25) is 4.90 Å². The summed E-state index contributed by atoms with van der Waals surface area (Å²) in [4.78, 5) is 4.92. The van der Waals surface area contributed by atoms with Gasteiger partial charge in [0.05, 0.1) is 24.5 Å². The van der Waals surface area contributed by atoms with E-state index in [0.29, 0.717) is 11.8 Å². The van der Waals surface area contributed by atoms with Crippen LogP contribution in [-0.2, 0) is 0 Å². The Kier molecular flexibility index (Phi) is 6.05. The molecule has 6 unspecified atom stereocenters. The third-order valence-electron chi connectivity index (χ3n) is 11.2. The molecule has 0 bridgehead atoms. The van der Waals surface area contributed by atoms with E-state index in [-0.39, 0.29) is 16.9 Å². The van der Waals surface area contributed by atoms with Crippen LogP contribution in [0.2, 0.25) is 0 Å². The van der Waals surface area contributed by atoms with Crippen LogP contribution >= 0.6 is 0 Å². The van der Waals surface area contributed by atoms with Crippen molar-refractivity contribution >= 4 is 5.69 Å². The number of benzene rings is 1. The Labute approximate surface area is 216 Å². The number of β-amino-alcohol motifs (C(OH)–C–C–N with tert-alkyl or cyclic N) is 1. The first-order chi connectivity index (χ1) is 17.3. The topological polar surface area (TPSA) is 56.2 Å². The number of rotatable bonds is 4. The molecule has 2 N–H and O–H groups in total. The summed E-state index contributed by atoms with van der Waals surface area (Å²) >= 11 is 0. The number of fused-ring (bicyclic) bond motifs is 5. The summed E-state index contributed by atoms with van der Waals surface area (Å²) in [6.45, 7) is 9.48. The van der Waals surface area contributed by atoms with E-state index < -0.39 is 5.60 Å². The van der Waals surface area contributed by atoms with Crippen molar-refractivity contribution in [3.05, 3.63) is 47.6 Å². The highest BCUT2D eigenvalue weighted by atomic mass is 16.5. The van der Waals surface area contributed by atoms with Crippen LogP contribution in [0.3, 0.4) is 0 Å². The van der Waals surface area contributed by atoms with Gasteiger partial charge in [-0.2, -0.15) is 0 Å². The monoisotopic (exact) mass is 492 g/mol. The predicted molar refractivity (Wildman–Crippen MR) is 144 cm³/mol. The molecule has 0 radical (unpaired) electrons. The van der Waals surface area contributed by atoms with Crippen LogP contribution in [-0.4, -0.2) is 66.7 Å². The van der Waals surface area contributed by atoms with Gasteiger partial charge in [0.1, 0.15) is 5.75 Å². The smallest absolute Gasteiger partial charge is 0.142 e. The van der Waals surface area contributed by atoms with Crippen molar-refractivity contribution in [1.82, 2.24) is 4.90 Å². The third kappa shape index (κ3) is 3.68. The Bertz CT molecular complexity index is 1060. The van der Waals surface area contributed by atoms with Crippen LogP contribution in [0.25, 0.3) is 0 Å². The van der Waals surface area contributed by atoms with Gasteiger partial charge in [0.2, 0.25) is 0 Å². The van der Waals surface area contributed by atoms with Crippen LogP contribution in [0.4, 0.5) is 5.69 Å². The summed E-state index contributed by atoms with van der Waals surface area (Å²) in [6, 6.07) is 8.29. The molecule has 0 aromatic heterocycles. The second-order valence-electron chi connectivity index (χ2n) is 12.7. The average Bonchev–Trinajstić information content (AvgIpc) is 3.15. The summed E-state index contributed by atoms with van der Waals surface area (Å²) in [5, 5.41) is 22.5. The molecular formula is C31H44N2O3. The Hall–Kier alpha value is -1.82. The minimum atomic E-state index is -0.635. The lowest BCUT2D eigenvalue weighted by Gasteiger charge is -2.56. The van der Waals surface area contributed by atoms with Crippen molar-refractivity contribution in [2.24, 2.45) is 22.7 Å². The van der Waals surface area contributed by atoms with E-state index in [4.69, 9.17) is 4.74 Å². The third-order valence-corrected chi connectivity index (χ3v) is 11.2. The number of hydrogen-bond acceptors (Lipinski definition) is 5. The van der Waals surface area contributed by atoms with Gasteiger partial charge in [-0.1, -0.05) is 49.3 Å². The summed E-state index contributed by atoms with van der Waals surface area (Å²) in [5.74, 6) is 1.99. The molecule has 1 aliphatic heterocycles. The molecule has 6 rings (SSSR count). The van der Waals surface area contributed by atoms with E-state index in [1.807, 2.05) is 12.1 Å². The number of nitrogens with zero attached hydrogens (tertiary/aromatic N) is 2. The average molecular weight is 493 g/mol. The fourth-order valence-corrected chi connectivity index (χ4v) is 8.76. The molecule has 0 spiro atoms. The van der Waals surface area contributed by atoms with Crippen LogP contribution in [0.1, 0.15) is 58.8 Å². The molecule has 36 heavy (non-hydrogen) atoms. The van der Waals surface area contributed by atoms with E-state index in [9.17, 15) is 10.2 Å². The molecule has 0 amide bonds. The van der Waals surface area contributed by atoms with Crippen molar-refractivity contribution in [2.75, 3.05) is 44.7 Å². The van der Waals surface area contributed by atoms with Gasteiger partial charge in [-0.25, -0.2) is 0 Å². The number of aliphatic hydroxyl groups excluding tert-OH is 1. The molecule has 1 aromatic rings. The molecule has 196 valence electrons. The quantitative estimate of drug-likeness (QED) is 0.633. The minimum Gasteiger partial charge on any atom is -0.495 e. The zero-order chi connectivity index (χ0) is 25.1. The largest absolute Gasteiger partial charge is 0.495 e. The fraction of sp³-hybridized carbons (Fsp3) is 0.677. The van der Waals surface area contributed by atoms with E-state index >= 15 is 0 Å². The second kappa shape index (κ2) is 8.89. The summed E-state index contributed by atoms with van der Waals surface area (Å²) in [7, 11) is 1.74. The maximum atomic E-state index is 12.2. The Balaban J connectivity index is 1.17. The predicted octanol–water partition coefficient (Wildman–Crippen LogP) is 4.79. The molecule has 4 fully saturated rings. The highest BCUT2D eigenvalue weighted by molar-refractivity contribution is 5.58. The van der Waals surface area contributed by atoms with Gasteiger partial charge in [0, 0.05) is 38.1 Å². The number of aliphatic hydroxyl groups is 2. The maximum Gasteiger partial charge on any atom is 0.142 e. The molecule has 6 atom stereocenters. The van der Waals surface area contributed by atoms with Crippen LogP contribution in [0.15, 0.2) is 47.6 Å². The lowest BCUT2D eigenvalue weighted by Crippen LogP contribution is -2.58. The van der Waals surface area contributed by atoms with Gasteiger partial charge in [-0.15, -0.1) is 0 Å². The first-order valence-electron chi connectivity index (χ1n) is 14.2. The van der Waals surface area contributed by atoms with Gasteiger partial charge in [0.15, 0.2) is 0 Å². The minimum absolute atomic E-state index is 0.0645. The van der Waals surface area contributed by atoms with Crippen molar-refractivity contribution in [1.29, 1.82) is 0 Å². The second-order valence-corrected chi connectivity index (χ2v) is 12.7. The van der Waals surface area contributed by atoms with E-state index in [0.717, 1.165) is 83.4 Å². The standard InChI is InChI=1S/C31H44N2O3/c1-29-13-10-23(34)20-22(29)8-9-24-25(29)11-14-30(2)26(24)12-15-31(30,35)21-32-16-18-33(19-17-32)27-6-4-5-7-28(27)36-3/h4-9,23,25-26,34-35H,10-21H2,1-3H3. The Morgan fingerprint density at radius 2 is 1.69 bits per heavy atom. The zero-order valence-corrected chi connectivity index (χ0v) is 22.4. The highest BCUT2D eigenvalue weighted by Gasteiger charge is 2.62. The molecule has 1 aromatic carbocycles. The van der Waals surface area contributed by atoms with Crippen molar-refractivity contribution in [2.45, 2.75) is 70.5 Å². The SMILES string of the molecule is COc1ccccc1N1CCN(CC2(O)CCC3C4=CC=C5CC(O)CCC5(C)C4CCC32C)CC1. The molecule has 1 saturated heterocycles. The molecule has 3 saturated carbocycles. The van der Waals surface area contributed by atoms with Crippen molar-refractivity contribution in [3.8, 4) is 5.75 Å². The highest BCUT2D eigenvalue weighted by Crippen LogP contribution is 2.66. The molecule has 5 heteroatoms. The number of hydrogen-bond donors (Lipinski definition) is 2. The van der Waals surface area contributed by atoms with Crippen molar-refractivity contribution < 1.29 is 14.9 Å². The number of anilines is 1. The molecule has 5 aliphatic rings. The molecule has 4 aliphatic carbocycles. The van der Waals surface area contributed by atoms with E-state index in [1.165, 1.54) is 11.3 Å². The Morgan fingerprint density at radius 3 is 2.47 bits per heavy atom. The summed E-state index contributed by atoms with van der Waals surface area (Å²) in [6.07, 6.45) is 11.7. The lowest BCUT2D eigenvalue weighted by molar-refractivity contribution is -0.102. The first-order valence-corrected chi connectivity index (χ1v) is 14.2. The van der Waals surface area contributed by atoms with E-state index in [2.05, 4.69) is 47.9 Å². The number of ether oxygens (including phenoxy) is 1. The summed E-state index contributed by atoms with van der Waals surface area (Å²) in [5.41, 5.74) is 3.72. The van der Waals surface area contributed by atoms with Gasteiger partial charge in [-0.05, 0) is 74.3 Å². The van der Waals surface area contributed by atoms with Gasteiger partial charge < -0.3 is 19.8 Å². The molecule has 5 nitrogen and oxygen atoms in total. The number of piperazine rings is 1. The normalized spacial score (nSPS) is 40.6. The Morgan fingerprint density at radius 1 is 0.944 bits per heavy atom. The summed E-state index contributed by atoms with van der Waals surface area (Å²) < 4.78 is 5.59. The molecular weight excluding hydrogens is 448 g/mol. The first kappa shape index (κ1) is 24.5. The maximum absolute atomic E-state index is 12.2. The number of para-hydroxylation sites is 2. The molecule has 1 heterocycles. The van der Waals surface area contributed by atoms with Crippen LogP contribution in [0, 0.1) is 22.7 Å². The van der Waals surface area contributed by atoms with Crippen LogP contribution < -0.4 is 9.64 Å². The van der Waals surface area contributed by atoms with Crippen LogP contribution in [0.5, 0.6) is 5.75 Å². The van der Waals surface area contributed by atoms with Gasteiger partial charge in [0.25, 0.3) is 0 Å². The number of methoxy groups -OCH3 is 1.